The van der Waals surface area contributed by atoms with E-state index in [9.17, 15) is 4.79 Å². The summed E-state index contributed by atoms with van der Waals surface area (Å²) in [5, 5.41) is 11.7. The molecule has 6 heteroatoms. The van der Waals surface area contributed by atoms with E-state index in [1.807, 2.05) is 48.0 Å². The first kappa shape index (κ1) is 16.7. The van der Waals surface area contributed by atoms with Gasteiger partial charge >= 0.3 is 0 Å². The Balaban J connectivity index is 1.94. The van der Waals surface area contributed by atoms with Gasteiger partial charge in [0, 0.05) is 5.02 Å². The molecule has 4 nitrogen and oxygen atoms in total. The average molecular weight is 361 g/mol. The van der Waals surface area contributed by atoms with Gasteiger partial charge in [0.1, 0.15) is 11.3 Å². The summed E-state index contributed by atoms with van der Waals surface area (Å²) < 4.78 is 5.18. The molecule has 0 spiro atoms. The van der Waals surface area contributed by atoms with Crippen LogP contribution in [0.4, 0.5) is 0 Å². The first-order valence-corrected chi connectivity index (χ1v) is 8.95. The topological polar surface area (TPSA) is 55.1 Å². The number of hydrogen-bond donors (Lipinski definition) is 1. The van der Waals surface area contributed by atoms with E-state index in [0.29, 0.717) is 28.5 Å². The van der Waals surface area contributed by atoms with Crippen molar-refractivity contribution in [3.05, 3.63) is 74.3 Å². The lowest BCUT2D eigenvalue weighted by atomic mass is 10.0. The summed E-state index contributed by atoms with van der Waals surface area (Å²) in [6, 6.07) is 9.25. The summed E-state index contributed by atoms with van der Waals surface area (Å²) >= 11 is 7.58. The van der Waals surface area contributed by atoms with Crippen LogP contribution in [-0.2, 0) is 6.42 Å². The molecule has 2 heterocycles. The molecular weight excluding hydrogens is 344 g/mol. The van der Waals surface area contributed by atoms with Gasteiger partial charge in [-0.15, -0.1) is 0 Å². The molecule has 0 radical (unpaired) electrons. The molecule has 1 unspecified atom stereocenters. The maximum absolute atomic E-state index is 12.8. The highest BCUT2D eigenvalue weighted by Crippen LogP contribution is 2.26. The van der Waals surface area contributed by atoms with Crippen molar-refractivity contribution in [2.45, 2.75) is 26.3 Å². The highest BCUT2D eigenvalue weighted by molar-refractivity contribution is 7.08. The normalized spacial score (nSPS) is 12.1. The number of nitrogens with one attached hydrogen (secondary N) is 1. The molecule has 0 aliphatic carbocycles. The molecule has 0 bridgehead atoms. The number of hydrogen-bond acceptors (Lipinski definition) is 4. The number of aromatic nitrogens is 1. The van der Waals surface area contributed by atoms with Crippen molar-refractivity contribution in [2.24, 2.45) is 0 Å². The van der Waals surface area contributed by atoms with Crippen LogP contribution in [0.25, 0.3) is 0 Å². The van der Waals surface area contributed by atoms with Gasteiger partial charge in [-0.05, 0) is 53.4 Å². The summed E-state index contributed by atoms with van der Waals surface area (Å²) in [5.74, 6) is 0.348. The Morgan fingerprint density at radius 2 is 2.04 bits per heavy atom. The minimum atomic E-state index is -0.250. The van der Waals surface area contributed by atoms with E-state index >= 15 is 0 Å². The quantitative estimate of drug-likeness (QED) is 0.712. The molecule has 1 aromatic carbocycles. The zero-order valence-electron chi connectivity index (χ0n) is 13.4. The lowest BCUT2D eigenvalue weighted by molar-refractivity contribution is 0.0940. The predicted octanol–water partition coefficient (Wildman–Crippen LogP) is 4.78. The van der Waals surface area contributed by atoms with Crippen LogP contribution in [0.15, 0.2) is 45.6 Å². The van der Waals surface area contributed by atoms with E-state index < -0.39 is 0 Å². The van der Waals surface area contributed by atoms with E-state index in [1.54, 1.807) is 18.3 Å². The molecule has 0 fully saturated rings. The molecule has 124 valence electrons. The Morgan fingerprint density at radius 1 is 1.29 bits per heavy atom. The molecule has 24 heavy (non-hydrogen) atoms. The molecule has 3 rings (SSSR count). The second-order valence-electron chi connectivity index (χ2n) is 5.43. The summed E-state index contributed by atoms with van der Waals surface area (Å²) in [4.78, 5) is 12.8. The zero-order valence-corrected chi connectivity index (χ0v) is 14.9. The van der Waals surface area contributed by atoms with Crippen molar-refractivity contribution in [3.8, 4) is 0 Å². The van der Waals surface area contributed by atoms with E-state index in [2.05, 4.69) is 10.5 Å². The largest absolute Gasteiger partial charge is 0.361 e. The van der Waals surface area contributed by atoms with E-state index in [1.165, 1.54) is 0 Å². The van der Waals surface area contributed by atoms with Crippen LogP contribution in [0.5, 0.6) is 0 Å². The van der Waals surface area contributed by atoms with Crippen LogP contribution in [0, 0.1) is 6.92 Å². The van der Waals surface area contributed by atoms with E-state index in [4.69, 9.17) is 16.1 Å². The Hall–Kier alpha value is -2.11. The number of rotatable bonds is 5. The van der Waals surface area contributed by atoms with Gasteiger partial charge in [0.15, 0.2) is 0 Å². The minimum Gasteiger partial charge on any atom is -0.361 e. The first-order valence-electron chi connectivity index (χ1n) is 7.63. The van der Waals surface area contributed by atoms with Crippen molar-refractivity contribution >= 4 is 28.8 Å². The van der Waals surface area contributed by atoms with Crippen molar-refractivity contribution in [2.75, 3.05) is 0 Å². The number of thiophene rings is 1. The molecule has 0 saturated carbocycles. The third-order valence-electron chi connectivity index (χ3n) is 3.85. The third-order valence-corrected chi connectivity index (χ3v) is 4.80. The minimum absolute atomic E-state index is 0.184. The summed E-state index contributed by atoms with van der Waals surface area (Å²) in [5.41, 5.74) is 3.19. The molecule has 1 N–H and O–H groups in total. The van der Waals surface area contributed by atoms with Crippen LogP contribution in [0.3, 0.4) is 0 Å². The smallest absolute Gasteiger partial charge is 0.257 e. The van der Waals surface area contributed by atoms with Gasteiger partial charge in [-0.2, -0.15) is 11.3 Å². The van der Waals surface area contributed by atoms with Crippen LogP contribution < -0.4 is 5.32 Å². The van der Waals surface area contributed by atoms with Crippen LogP contribution >= 0.6 is 22.9 Å². The van der Waals surface area contributed by atoms with Gasteiger partial charge in [0.25, 0.3) is 5.91 Å². The van der Waals surface area contributed by atoms with Crippen LogP contribution in [-0.4, -0.2) is 11.1 Å². The Labute approximate surface area is 149 Å². The Morgan fingerprint density at radius 3 is 2.67 bits per heavy atom. The fourth-order valence-electron chi connectivity index (χ4n) is 2.61. The molecule has 1 atom stereocenters. The fraction of sp³-hybridized carbons (Fsp3) is 0.222. The molecule has 0 aliphatic rings. The fourth-order valence-corrected chi connectivity index (χ4v) is 3.42. The molecule has 0 saturated heterocycles. The molecule has 1 amide bonds. The summed E-state index contributed by atoms with van der Waals surface area (Å²) in [7, 11) is 0. The Kier molecular flexibility index (Phi) is 5.02. The maximum atomic E-state index is 12.8. The zero-order chi connectivity index (χ0) is 17.1. The number of carbonyl (C=O) groups excluding carboxylic acids is 1. The standard InChI is InChI=1S/C18H17ClN2O2S/c1-3-15-16(11(2)23-21-15)18(22)20-17(13-8-9-24-10-13)12-4-6-14(19)7-5-12/h4-10,17H,3H2,1-2H3,(H,20,22). The maximum Gasteiger partial charge on any atom is 0.257 e. The van der Waals surface area contributed by atoms with Crippen molar-refractivity contribution in [1.29, 1.82) is 0 Å². The SMILES string of the molecule is CCc1noc(C)c1C(=O)NC(c1ccc(Cl)cc1)c1ccsc1. The highest BCUT2D eigenvalue weighted by Gasteiger charge is 2.23. The van der Waals surface area contributed by atoms with E-state index in [0.717, 1.165) is 11.1 Å². The molecular formula is C18H17ClN2O2S. The monoisotopic (exact) mass is 360 g/mol. The number of aryl methyl sites for hydroxylation is 2. The second-order valence-corrected chi connectivity index (χ2v) is 6.65. The van der Waals surface area contributed by atoms with Gasteiger partial charge in [-0.25, -0.2) is 0 Å². The van der Waals surface area contributed by atoms with Gasteiger partial charge in [-0.1, -0.05) is 35.8 Å². The third kappa shape index (κ3) is 3.37. The molecule has 2 aromatic heterocycles. The second kappa shape index (κ2) is 7.20. The van der Waals surface area contributed by atoms with Crippen LogP contribution in [0.1, 0.15) is 45.9 Å². The number of carbonyl (C=O) groups is 1. The number of halogens is 1. The first-order chi connectivity index (χ1) is 11.6. The van der Waals surface area contributed by atoms with Gasteiger partial charge in [0.05, 0.1) is 11.7 Å². The number of benzene rings is 1. The lowest BCUT2D eigenvalue weighted by Gasteiger charge is -2.18. The van der Waals surface area contributed by atoms with Crippen molar-refractivity contribution < 1.29 is 9.32 Å². The number of nitrogens with zero attached hydrogens (tertiary/aromatic N) is 1. The predicted molar refractivity (Wildman–Crippen MR) is 95.7 cm³/mol. The van der Waals surface area contributed by atoms with Gasteiger partial charge in [0.2, 0.25) is 0 Å². The summed E-state index contributed by atoms with van der Waals surface area (Å²) in [6.07, 6.45) is 0.643. The average Bonchev–Trinajstić information content (AvgIpc) is 3.23. The Bertz CT molecular complexity index is 825. The van der Waals surface area contributed by atoms with Gasteiger partial charge in [-0.3, -0.25) is 4.79 Å². The van der Waals surface area contributed by atoms with Crippen LogP contribution in [0.2, 0.25) is 5.02 Å². The van der Waals surface area contributed by atoms with Gasteiger partial charge < -0.3 is 9.84 Å². The lowest BCUT2D eigenvalue weighted by Crippen LogP contribution is -2.30. The highest BCUT2D eigenvalue weighted by atomic mass is 35.5. The molecule has 3 aromatic rings. The van der Waals surface area contributed by atoms with E-state index in [-0.39, 0.29) is 11.9 Å². The van der Waals surface area contributed by atoms with Crippen molar-refractivity contribution in [3.63, 3.8) is 0 Å². The molecule has 0 aliphatic heterocycles. The number of amides is 1. The summed E-state index contributed by atoms with van der Waals surface area (Å²) in [6.45, 7) is 3.70. The van der Waals surface area contributed by atoms with Crippen molar-refractivity contribution in [1.82, 2.24) is 10.5 Å².